The lowest BCUT2D eigenvalue weighted by atomic mass is 9.88. The molecule has 1 aromatic rings. The van der Waals surface area contributed by atoms with Crippen molar-refractivity contribution in [3.05, 3.63) is 17.0 Å². The van der Waals surface area contributed by atoms with Gasteiger partial charge in [-0.1, -0.05) is 25.9 Å². The van der Waals surface area contributed by atoms with Crippen molar-refractivity contribution in [3.63, 3.8) is 0 Å². The van der Waals surface area contributed by atoms with Gasteiger partial charge in [0.15, 0.2) is 0 Å². The van der Waals surface area contributed by atoms with Gasteiger partial charge < -0.3 is 9.84 Å². The molecular weight excluding hydrogens is 268 g/mol. The number of rotatable bonds is 4. The van der Waals surface area contributed by atoms with Crippen LogP contribution in [-0.4, -0.2) is 38.0 Å². The van der Waals surface area contributed by atoms with Crippen LogP contribution in [0.2, 0.25) is 0 Å². The van der Waals surface area contributed by atoms with Crippen molar-refractivity contribution in [1.29, 1.82) is 0 Å². The second kappa shape index (κ2) is 5.32. The van der Waals surface area contributed by atoms with Crippen LogP contribution >= 0.6 is 0 Å². The van der Waals surface area contributed by atoms with Crippen molar-refractivity contribution < 1.29 is 17.7 Å². The first-order valence-electron chi connectivity index (χ1n) is 5.95. The highest BCUT2D eigenvalue weighted by molar-refractivity contribution is 7.90. The Hall–Kier alpha value is -1.37. The van der Waals surface area contributed by atoms with Gasteiger partial charge in [0, 0.05) is 18.2 Å². The van der Waals surface area contributed by atoms with Crippen LogP contribution in [-0.2, 0) is 15.3 Å². The summed E-state index contributed by atoms with van der Waals surface area (Å²) in [4.78, 5) is 12.1. The van der Waals surface area contributed by atoms with Crippen LogP contribution in [0, 0.1) is 6.92 Å². The molecule has 1 aromatic heterocycles. The molecule has 1 N–H and O–H groups in total. The van der Waals surface area contributed by atoms with E-state index in [-0.39, 0.29) is 23.6 Å². The van der Waals surface area contributed by atoms with Crippen LogP contribution in [0.25, 0.3) is 0 Å². The SMILES string of the molecule is Cc1onc(C(C)(C)C)c1C(=O)NCCS(C)(=O)=O. The summed E-state index contributed by atoms with van der Waals surface area (Å²) in [5, 5.41) is 6.49. The van der Waals surface area contributed by atoms with Gasteiger partial charge in [0.1, 0.15) is 26.9 Å². The van der Waals surface area contributed by atoms with E-state index in [0.717, 1.165) is 6.26 Å². The molecule has 0 spiro atoms. The zero-order valence-corrected chi connectivity index (χ0v) is 12.7. The molecule has 0 bridgehead atoms. The molecule has 7 heteroatoms. The molecule has 0 aliphatic carbocycles. The third kappa shape index (κ3) is 4.34. The number of aryl methyl sites for hydroxylation is 1. The molecule has 0 aliphatic heterocycles. The molecule has 0 saturated carbocycles. The molecule has 108 valence electrons. The Morgan fingerprint density at radius 3 is 2.42 bits per heavy atom. The molecule has 0 saturated heterocycles. The second-order valence-corrected chi connectivity index (χ2v) is 7.86. The van der Waals surface area contributed by atoms with Gasteiger partial charge in [-0.25, -0.2) is 8.42 Å². The Morgan fingerprint density at radius 2 is 1.95 bits per heavy atom. The predicted octanol–water partition coefficient (Wildman–Crippen LogP) is 1.05. The molecule has 1 heterocycles. The van der Waals surface area contributed by atoms with Crippen LogP contribution < -0.4 is 5.32 Å². The van der Waals surface area contributed by atoms with Crippen molar-refractivity contribution in [3.8, 4) is 0 Å². The van der Waals surface area contributed by atoms with Crippen LogP contribution in [0.5, 0.6) is 0 Å². The minimum absolute atomic E-state index is 0.0753. The number of hydrogen-bond donors (Lipinski definition) is 1. The highest BCUT2D eigenvalue weighted by atomic mass is 32.2. The number of aromatic nitrogens is 1. The topological polar surface area (TPSA) is 89.3 Å². The van der Waals surface area contributed by atoms with Gasteiger partial charge in [-0.2, -0.15) is 0 Å². The Labute approximate surface area is 113 Å². The molecule has 0 aliphatic rings. The maximum Gasteiger partial charge on any atom is 0.256 e. The van der Waals surface area contributed by atoms with Crippen LogP contribution in [0.3, 0.4) is 0 Å². The standard InChI is InChI=1S/C12H20N2O4S/c1-8-9(10(14-18-8)12(2,3)4)11(15)13-6-7-19(5,16)17/h6-7H2,1-5H3,(H,13,15). The molecule has 1 rings (SSSR count). The number of sulfone groups is 1. The van der Waals surface area contributed by atoms with Crippen LogP contribution in [0.1, 0.15) is 42.6 Å². The fourth-order valence-corrected chi connectivity index (χ4v) is 2.06. The molecule has 6 nitrogen and oxygen atoms in total. The van der Waals surface area contributed by atoms with Gasteiger partial charge >= 0.3 is 0 Å². The average molecular weight is 288 g/mol. The Balaban J connectivity index is 2.86. The average Bonchev–Trinajstić information content (AvgIpc) is 2.57. The van der Waals surface area contributed by atoms with Crippen molar-refractivity contribution in [2.24, 2.45) is 0 Å². The predicted molar refractivity (Wildman–Crippen MR) is 72.0 cm³/mol. The monoisotopic (exact) mass is 288 g/mol. The summed E-state index contributed by atoms with van der Waals surface area (Å²) in [5.41, 5.74) is 0.643. The molecule has 0 fully saturated rings. The number of carbonyl (C=O) groups is 1. The van der Waals surface area contributed by atoms with E-state index in [1.807, 2.05) is 20.8 Å². The molecule has 0 atom stereocenters. The van der Waals surface area contributed by atoms with Crippen molar-refractivity contribution >= 4 is 15.7 Å². The van der Waals surface area contributed by atoms with E-state index in [9.17, 15) is 13.2 Å². The molecule has 19 heavy (non-hydrogen) atoms. The van der Waals surface area contributed by atoms with E-state index in [1.165, 1.54) is 0 Å². The summed E-state index contributed by atoms with van der Waals surface area (Å²) < 4.78 is 27.1. The van der Waals surface area contributed by atoms with E-state index in [4.69, 9.17) is 4.52 Å². The first-order chi connectivity index (χ1) is 8.52. The number of amides is 1. The third-order valence-electron chi connectivity index (χ3n) is 2.56. The normalized spacial score (nSPS) is 12.5. The fraction of sp³-hybridized carbons (Fsp3) is 0.667. The highest BCUT2D eigenvalue weighted by Gasteiger charge is 2.28. The quantitative estimate of drug-likeness (QED) is 0.894. The Kier molecular flexibility index (Phi) is 4.39. The smallest absolute Gasteiger partial charge is 0.256 e. The number of nitrogens with zero attached hydrogens (tertiary/aromatic N) is 1. The summed E-state index contributed by atoms with van der Waals surface area (Å²) in [6.07, 6.45) is 1.13. The molecule has 0 unspecified atom stereocenters. The summed E-state index contributed by atoms with van der Waals surface area (Å²) in [5.74, 6) is -0.0115. The van der Waals surface area contributed by atoms with Crippen molar-refractivity contribution in [2.75, 3.05) is 18.6 Å². The maximum absolute atomic E-state index is 12.1. The molecule has 0 aromatic carbocycles. The summed E-state index contributed by atoms with van der Waals surface area (Å²) in [6, 6.07) is 0. The van der Waals surface area contributed by atoms with E-state index >= 15 is 0 Å². The second-order valence-electron chi connectivity index (χ2n) is 5.60. The molecular formula is C12H20N2O4S. The molecule has 1 amide bonds. The van der Waals surface area contributed by atoms with Gasteiger partial charge in [-0.15, -0.1) is 0 Å². The maximum atomic E-state index is 12.1. The zero-order valence-electron chi connectivity index (χ0n) is 11.9. The largest absolute Gasteiger partial charge is 0.361 e. The summed E-state index contributed by atoms with van der Waals surface area (Å²) in [7, 11) is -3.09. The van der Waals surface area contributed by atoms with E-state index in [2.05, 4.69) is 10.5 Å². The van der Waals surface area contributed by atoms with Gasteiger partial charge in [0.05, 0.1) is 5.75 Å². The molecule has 0 radical (unpaired) electrons. The van der Waals surface area contributed by atoms with Crippen molar-refractivity contribution in [2.45, 2.75) is 33.1 Å². The summed E-state index contributed by atoms with van der Waals surface area (Å²) in [6.45, 7) is 7.52. The van der Waals surface area contributed by atoms with Crippen LogP contribution in [0.4, 0.5) is 0 Å². The summed E-state index contributed by atoms with van der Waals surface area (Å²) >= 11 is 0. The lowest BCUT2D eigenvalue weighted by molar-refractivity contribution is 0.0952. The van der Waals surface area contributed by atoms with Gasteiger partial charge in [-0.05, 0) is 6.92 Å². The minimum Gasteiger partial charge on any atom is -0.361 e. The lowest BCUT2D eigenvalue weighted by Gasteiger charge is -2.16. The van der Waals surface area contributed by atoms with E-state index < -0.39 is 9.84 Å². The number of carbonyl (C=O) groups excluding carboxylic acids is 1. The van der Waals surface area contributed by atoms with Gasteiger partial charge in [-0.3, -0.25) is 4.79 Å². The van der Waals surface area contributed by atoms with Crippen molar-refractivity contribution in [1.82, 2.24) is 10.5 Å². The highest BCUT2D eigenvalue weighted by Crippen LogP contribution is 2.26. The van der Waals surface area contributed by atoms with Crippen LogP contribution in [0.15, 0.2) is 4.52 Å². The zero-order chi connectivity index (χ0) is 14.8. The number of hydrogen-bond acceptors (Lipinski definition) is 5. The minimum atomic E-state index is -3.09. The van der Waals surface area contributed by atoms with E-state index in [1.54, 1.807) is 6.92 Å². The Bertz CT molecular complexity index is 567. The fourth-order valence-electron chi connectivity index (χ4n) is 1.59. The first-order valence-corrected chi connectivity index (χ1v) is 8.01. The Morgan fingerprint density at radius 1 is 1.37 bits per heavy atom. The van der Waals surface area contributed by atoms with E-state index in [0.29, 0.717) is 17.0 Å². The van der Waals surface area contributed by atoms with Gasteiger partial charge in [0.25, 0.3) is 5.91 Å². The van der Waals surface area contributed by atoms with Gasteiger partial charge in [0.2, 0.25) is 0 Å². The first kappa shape index (κ1) is 15.7. The third-order valence-corrected chi connectivity index (χ3v) is 3.50. The lowest BCUT2D eigenvalue weighted by Crippen LogP contribution is -2.31. The number of nitrogens with one attached hydrogen (secondary N) is 1.